The highest BCUT2D eigenvalue weighted by Gasteiger charge is 2.25. The molecule has 1 aromatic carbocycles. The molecule has 0 spiro atoms. The van der Waals surface area contributed by atoms with Crippen molar-refractivity contribution in [2.45, 2.75) is 31.7 Å². The number of thiophene rings is 1. The molecule has 1 unspecified atom stereocenters. The molecule has 1 atom stereocenters. The van der Waals surface area contributed by atoms with E-state index in [0.29, 0.717) is 17.4 Å². The molecule has 0 radical (unpaired) electrons. The van der Waals surface area contributed by atoms with Crippen LogP contribution < -0.4 is 4.72 Å². The monoisotopic (exact) mass is 309 g/mol. The van der Waals surface area contributed by atoms with E-state index in [1.807, 2.05) is 24.3 Å². The van der Waals surface area contributed by atoms with Gasteiger partial charge in [-0.3, -0.25) is 4.72 Å². The fourth-order valence-corrected chi connectivity index (χ4v) is 3.24. The summed E-state index contributed by atoms with van der Waals surface area (Å²) in [6.07, 6.45) is 0. The van der Waals surface area contributed by atoms with E-state index in [4.69, 9.17) is 0 Å². The van der Waals surface area contributed by atoms with Gasteiger partial charge in [-0.05, 0) is 40.4 Å². The van der Waals surface area contributed by atoms with Crippen LogP contribution >= 0.6 is 23.3 Å². The highest BCUT2D eigenvalue weighted by atomic mass is 32.2. The Morgan fingerprint density at radius 1 is 1.20 bits per heavy atom. The molecular formula is C16H20FNS2. The molecular weight excluding hydrogens is 289 g/mol. The first kappa shape index (κ1) is 15.5. The van der Waals surface area contributed by atoms with Crippen LogP contribution in [0.15, 0.2) is 41.1 Å². The maximum atomic E-state index is 14.7. The summed E-state index contributed by atoms with van der Waals surface area (Å²) in [7, 11) is 0. The normalized spacial score (nSPS) is 14.4. The average Bonchev–Trinajstić information content (AvgIpc) is 2.92. The average molecular weight is 309 g/mol. The predicted octanol–water partition coefficient (Wildman–Crippen LogP) is 5.25. The number of hydrogen-bond donors (Lipinski definition) is 1. The van der Waals surface area contributed by atoms with Gasteiger partial charge in [0, 0.05) is 11.8 Å². The quantitative estimate of drug-likeness (QED) is 0.732. The smallest absolute Gasteiger partial charge is 0.146 e. The van der Waals surface area contributed by atoms with Gasteiger partial charge in [0.1, 0.15) is 5.67 Å². The third-order valence-corrected chi connectivity index (χ3v) is 4.53. The number of alkyl halides is 1. The molecule has 1 nitrogen and oxygen atoms in total. The minimum Gasteiger partial charge on any atom is -0.260 e. The van der Waals surface area contributed by atoms with Crippen LogP contribution in [0.1, 0.15) is 26.3 Å². The predicted molar refractivity (Wildman–Crippen MR) is 88.9 cm³/mol. The van der Waals surface area contributed by atoms with Gasteiger partial charge in [-0.15, -0.1) is 0 Å². The molecule has 0 saturated heterocycles. The molecule has 0 amide bonds. The summed E-state index contributed by atoms with van der Waals surface area (Å²) in [4.78, 5) is 0. The molecule has 0 aliphatic rings. The molecule has 108 valence electrons. The molecule has 1 aromatic heterocycles. The van der Waals surface area contributed by atoms with Gasteiger partial charge in [-0.2, -0.15) is 11.3 Å². The van der Waals surface area contributed by atoms with Crippen molar-refractivity contribution in [3.8, 4) is 11.1 Å². The van der Waals surface area contributed by atoms with Crippen LogP contribution in [0.4, 0.5) is 4.39 Å². The van der Waals surface area contributed by atoms with Crippen molar-refractivity contribution >= 4 is 23.3 Å². The number of halogens is 1. The van der Waals surface area contributed by atoms with Crippen LogP contribution in [0.2, 0.25) is 0 Å². The van der Waals surface area contributed by atoms with Crippen molar-refractivity contribution in [1.82, 2.24) is 4.72 Å². The standard InChI is InChI=1S/C16H20FNS2/c1-12(2)20-18-11-16(3,17)15-6-4-13(5-7-15)14-8-9-19-10-14/h4-10,12,18H,11H2,1-3H3. The van der Waals surface area contributed by atoms with E-state index in [0.717, 1.165) is 5.56 Å². The van der Waals surface area contributed by atoms with Crippen LogP contribution in [0.5, 0.6) is 0 Å². The largest absolute Gasteiger partial charge is 0.260 e. The second-order valence-electron chi connectivity index (χ2n) is 5.27. The minimum atomic E-state index is -1.35. The number of nitrogens with one attached hydrogen (secondary N) is 1. The summed E-state index contributed by atoms with van der Waals surface area (Å²) in [6.45, 7) is 6.11. The van der Waals surface area contributed by atoms with Gasteiger partial charge in [0.25, 0.3) is 0 Å². The van der Waals surface area contributed by atoms with E-state index in [1.165, 1.54) is 5.56 Å². The third kappa shape index (κ3) is 4.08. The Labute approximate surface area is 128 Å². The van der Waals surface area contributed by atoms with Crippen molar-refractivity contribution in [2.24, 2.45) is 0 Å². The van der Waals surface area contributed by atoms with Gasteiger partial charge >= 0.3 is 0 Å². The van der Waals surface area contributed by atoms with Gasteiger partial charge in [-0.25, -0.2) is 4.39 Å². The van der Waals surface area contributed by atoms with Crippen LogP contribution in [-0.2, 0) is 5.67 Å². The van der Waals surface area contributed by atoms with Crippen molar-refractivity contribution in [1.29, 1.82) is 0 Å². The molecule has 1 heterocycles. The summed E-state index contributed by atoms with van der Waals surface area (Å²) >= 11 is 3.24. The summed E-state index contributed by atoms with van der Waals surface area (Å²) in [5, 5.41) is 4.60. The molecule has 0 fully saturated rings. The Morgan fingerprint density at radius 2 is 1.90 bits per heavy atom. The first-order valence-electron chi connectivity index (χ1n) is 6.69. The van der Waals surface area contributed by atoms with E-state index in [9.17, 15) is 4.39 Å². The van der Waals surface area contributed by atoms with E-state index >= 15 is 0 Å². The number of rotatable bonds is 6. The van der Waals surface area contributed by atoms with Gasteiger partial charge in [-0.1, -0.05) is 50.1 Å². The second kappa shape index (κ2) is 6.74. The lowest BCUT2D eigenvalue weighted by Crippen LogP contribution is -2.29. The lowest BCUT2D eigenvalue weighted by molar-refractivity contribution is 0.198. The Hall–Kier alpha value is -0.840. The molecule has 4 heteroatoms. The topological polar surface area (TPSA) is 12.0 Å². The molecule has 0 aliphatic carbocycles. The van der Waals surface area contributed by atoms with Crippen LogP contribution in [-0.4, -0.2) is 11.8 Å². The second-order valence-corrected chi connectivity index (χ2v) is 7.52. The Kier molecular flexibility index (Phi) is 5.24. The van der Waals surface area contributed by atoms with E-state index in [-0.39, 0.29) is 0 Å². The van der Waals surface area contributed by atoms with Gasteiger partial charge in [0.2, 0.25) is 0 Å². The first-order valence-corrected chi connectivity index (χ1v) is 8.52. The summed E-state index contributed by atoms with van der Waals surface area (Å²) in [6, 6.07) is 9.83. The highest BCUT2D eigenvalue weighted by Crippen LogP contribution is 2.29. The van der Waals surface area contributed by atoms with E-state index in [2.05, 4.69) is 35.4 Å². The molecule has 0 saturated carbocycles. The Bertz CT molecular complexity index is 518. The Balaban J connectivity index is 2.04. The molecule has 2 aromatic rings. The fraction of sp³-hybridized carbons (Fsp3) is 0.375. The van der Waals surface area contributed by atoms with Crippen molar-refractivity contribution in [2.75, 3.05) is 6.54 Å². The van der Waals surface area contributed by atoms with Crippen LogP contribution in [0, 0.1) is 0 Å². The zero-order valence-corrected chi connectivity index (χ0v) is 13.7. The van der Waals surface area contributed by atoms with Gasteiger partial charge in [0.15, 0.2) is 0 Å². The molecule has 0 aliphatic heterocycles. The minimum absolute atomic E-state index is 0.313. The molecule has 20 heavy (non-hydrogen) atoms. The third-order valence-electron chi connectivity index (χ3n) is 3.06. The maximum absolute atomic E-state index is 14.7. The SMILES string of the molecule is CC(C)SNCC(C)(F)c1ccc(-c2ccsc2)cc1. The molecule has 0 bridgehead atoms. The summed E-state index contributed by atoms with van der Waals surface area (Å²) in [5.74, 6) is 0. The lowest BCUT2D eigenvalue weighted by atomic mass is 9.96. The van der Waals surface area contributed by atoms with Crippen LogP contribution in [0.3, 0.4) is 0 Å². The van der Waals surface area contributed by atoms with Gasteiger partial charge < -0.3 is 0 Å². The zero-order valence-electron chi connectivity index (χ0n) is 12.0. The summed E-state index contributed by atoms with van der Waals surface area (Å²) in [5.41, 5.74) is 1.69. The van der Waals surface area contributed by atoms with Crippen molar-refractivity contribution in [3.05, 3.63) is 46.7 Å². The highest BCUT2D eigenvalue weighted by molar-refractivity contribution is 7.97. The zero-order chi connectivity index (χ0) is 14.6. The molecule has 1 N–H and O–H groups in total. The van der Waals surface area contributed by atoms with Gasteiger partial charge in [0.05, 0.1) is 0 Å². The molecule has 2 rings (SSSR count). The van der Waals surface area contributed by atoms with Crippen LogP contribution in [0.25, 0.3) is 11.1 Å². The van der Waals surface area contributed by atoms with E-state index in [1.54, 1.807) is 30.2 Å². The van der Waals surface area contributed by atoms with E-state index < -0.39 is 5.67 Å². The lowest BCUT2D eigenvalue weighted by Gasteiger charge is -2.22. The number of hydrogen-bond acceptors (Lipinski definition) is 3. The Morgan fingerprint density at radius 3 is 2.45 bits per heavy atom. The summed E-state index contributed by atoms with van der Waals surface area (Å²) < 4.78 is 17.8. The maximum Gasteiger partial charge on any atom is 0.146 e. The van der Waals surface area contributed by atoms with Crippen molar-refractivity contribution < 1.29 is 4.39 Å². The fourth-order valence-electron chi connectivity index (χ4n) is 1.88. The first-order chi connectivity index (χ1) is 9.49. The number of benzene rings is 1. The van der Waals surface area contributed by atoms with Crippen molar-refractivity contribution in [3.63, 3.8) is 0 Å².